The van der Waals surface area contributed by atoms with Gasteiger partial charge in [-0.1, -0.05) is 12.1 Å². The third-order valence-corrected chi connectivity index (χ3v) is 3.58. The summed E-state index contributed by atoms with van der Waals surface area (Å²) in [5.41, 5.74) is 2.31. The summed E-state index contributed by atoms with van der Waals surface area (Å²) in [4.78, 5) is 4.11. The van der Waals surface area contributed by atoms with Crippen LogP contribution in [0.4, 0.5) is 0 Å². The van der Waals surface area contributed by atoms with Gasteiger partial charge in [0.2, 0.25) is 0 Å². The van der Waals surface area contributed by atoms with Crippen LogP contribution in [0.25, 0.3) is 0 Å². The number of aryl methyl sites for hydroxylation is 1. The van der Waals surface area contributed by atoms with Crippen LogP contribution in [0.5, 0.6) is 5.75 Å². The summed E-state index contributed by atoms with van der Waals surface area (Å²) in [6.07, 6.45) is 2.46. The molecule has 5 nitrogen and oxygen atoms in total. The monoisotopic (exact) mass is 291 g/mol. The molecular weight excluding hydrogens is 266 g/mol. The predicted octanol–water partition coefficient (Wildman–Crippen LogP) is 1.85. The molecule has 1 aliphatic heterocycles. The van der Waals surface area contributed by atoms with Crippen molar-refractivity contribution in [1.82, 2.24) is 10.6 Å². The fourth-order valence-corrected chi connectivity index (χ4v) is 2.36. The molecule has 1 saturated heterocycles. The first kappa shape index (κ1) is 15.6. The summed E-state index contributed by atoms with van der Waals surface area (Å²) >= 11 is 0. The molecule has 0 aliphatic carbocycles. The molecule has 2 rings (SSSR count). The lowest BCUT2D eigenvalue weighted by Crippen LogP contribution is -2.34. The molecule has 5 heteroatoms. The molecule has 1 heterocycles. The summed E-state index contributed by atoms with van der Waals surface area (Å²) in [5, 5.41) is 6.26. The Hall–Kier alpha value is -1.75. The standard InChI is InChI=1S/C16H25N3O2/c1-12-6-7-13(10-19-16(17-2)18-3)15(9-12)21-11-14-5-4-8-20-14/h6-7,9,14H,4-5,8,10-11H2,1-3H3,(H2,17,18,19). The first-order chi connectivity index (χ1) is 10.2. The van der Waals surface area contributed by atoms with E-state index in [9.17, 15) is 0 Å². The number of nitrogens with zero attached hydrogens (tertiary/aromatic N) is 1. The predicted molar refractivity (Wildman–Crippen MR) is 84.9 cm³/mol. The molecule has 0 saturated carbocycles. The highest BCUT2D eigenvalue weighted by Gasteiger charge is 2.16. The third-order valence-electron chi connectivity index (χ3n) is 3.58. The Morgan fingerprint density at radius 3 is 3.00 bits per heavy atom. The van der Waals surface area contributed by atoms with Crippen molar-refractivity contribution in [3.63, 3.8) is 0 Å². The van der Waals surface area contributed by atoms with Gasteiger partial charge in [-0.15, -0.1) is 0 Å². The number of hydrogen-bond acceptors (Lipinski definition) is 3. The van der Waals surface area contributed by atoms with Gasteiger partial charge in [0.05, 0.1) is 6.10 Å². The molecule has 21 heavy (non-hydrogen) atoms. The van der Waals surface area contributed by atoms with Crippen LogP contribution in [0, 0.1) is 6.92 Å². The van der Waals surface area contributed by atoms with Crippen LogP contribution in [-0.2, 0) is 11.3 Å². The maximum absolute atomic E-state index is 5.98. The van der Waals surface area contributed by atoms with E-state index in [1.165, 1.54) is 5.56 Å². The summed E-state index contributed by atoms with van der Waals surface area (Å²) < 4.78 is 11.6. The van der Waals surface area contributed by atoms with Crippen LogP contribution >= 0.6 is 0 Å². The largest absolute Gasteiger partial charge is 0.491 e. The van der Waals surface area contributed by atoms with Gasteiger partial charge in [0.1, 0.15) is 12.4 Å². The van der Waals surface area contributed by atoms with Gasteiger partial charge >= 0.3 is 0 Å². The molecule has 1 aromatic rings. The van der Waals surface area contributed by atoms with Gasteiger partial charge in [-0.3, -0.25) is 4.99 Å². The van der Waals surface area contributed by atoms with Gasteiger partial charge in [-0.25, -0.2) is 0 Å². The van der Waals surface area contributed by atoms with E-state index in [0.717, 1.165) is 36.7 Å². The molecule has 1 fully saturated rings. The zero-order chi connectivity index (χ0) is 15.1. The highest BCUT2D eigenvalue weighted by atomic mass is 16.5. The van der Waals surface area contributed by atoms with Crippen molar-refractivity contribution >= 4 is 5.96 Å². The number of nitrogens with one attached hydrogen (secondary N) is 2. The molecular formula is C16H25N3O2. The Morgan fingerprint density at radius 1 is 1.48 bits per heavy atom. The summed E-state index contributed by atoms with van der Waals surface area (Å²) in [6.45, 7) is 4.23. The van der Waals surface area contributed by atoms with Gasteiger partial charge in [-0.05, 0) is 31.4 Å². The first-order valence-corrected chi connectivity index (χ1v) is 7.45. The summed E-state index contributed by atoms with van der Waals surface area (Å²) in [5.74, 6) is 1.69. The van der Waals surface area contributed by atoms with Crippen LogP contribution in [0.3, 0.4) is 0 Å². The second kappa shape index (κ2) is 7.88. The zero-order valence-corrected chi connectivity index (χ0v) is 13.1. The lowest BCUT2D eigenvalue weighted by Gasteiger charge is -2.16. The Bertz CT molecular complexity index is 482. The van der Waals surface area contributed by atoms with E-state index < -0.39 is 0 Å². The lowest BCUT2D eigenvalue weighted by molar-refractivity contribution is 0.0676. The Labute approximate surface area is 126 Å². The minimum atomic E-state index is 0.233. The van der Waals surface area contributed by atoms with Gasteiger partial charge in [0, 0.05) is 32.8 Å². The maximum atomic E-state index is 5.98. The Balaban J connectivity index is 1.98. The normalized spacial score (nSPS) is 18.6. The molecule has 0 amide bonds. The quantitative estimate of drug-likeness (QED) is 0.642. The van der Waals surface area contributed by atoms with E-state index in [4.69, 9.17) is 9.47 Å². The van der Waals surface area contributed by atoms with Gasteiger partial charge in [0.15, 0.2) is 5.96 Å². The number of benzene rings is 1. The van der Waals surface area contributed by atoms with Crippen LogP contribution < -0.4 is 15.4 Å². The topological polar surface area (TPSA) is 54.9 Å². The average molecular weight is 291 g/mol. The van der Waals surface area contributed by atoms with Gasteiger partial charge in [0.25, 0.3) is 0 Å². The van der Waals surface area contributed by atoms with Gasteiger partial charge < -0.3 is 20.1 Å². The molecule has 1 unspecified atom stereocenters. The van der Waals surface area contributed by atoms with Crippen molar-refractivity contribution in [2.24, 2.45) is 4.99 Å². The number of hydrogen-bond donors (Lipinski definition) is 2. The average Bonchev–Trinajstić information content (AvgIpc) is 3.01. The van der Waals surface area contributed by atoms with Crippen LogP contribution in [0.2, 0.25) is 0 Å². The summed E-state index contributed by atoms with van der Waals surface area (Å²) in [6, 6.07) is 6.27. The molecule has 1 aromatic carbocycles. The van der Waals surface area contributed by atoms with E-state index in [1.54, 1.807) is 7.05 Å². The van der Waals surface area contributed by atoms with E-state index >= 15 is 0 Å². The fourth-order valence-electron chi connectivity index (χ4n) is 2.36. The number of guanidine groups is 1. The van der Waals surface area contributed by atoms with Crippen molar-refractivity contribution < 1.29 is 9.47 Å². The third kappa shape index (κ3) is 4.63. The van der Waals surface area contributed by atoms with Crippen molar-refractivity contribution in [3.8, 4) is 5.75 Å². The SMILES string of the molecule is CN=C(NC)NCc1ccc(C)cc1OCC1CCCO1. The van der Waals surface area contributed by atoms with Crippen molar-refractivity contribution in [1.29, 1.82) is 0 Å². The highest BCUT2D eigenvalue weighted by Crippen LogP contribution is 2.22. The van der Waals surface area contributed by atoms with E-state index in [-0.39, 0.29) is 6.10 Å². The Morgan fingerprint density at radius 2 is 2.33 bits per heavy atom. The summed E-state index contributed by atoms with van der Waals surface area (Å²) in [7, 11) is 3.60. The first-order valence-electron chi connectivity index (χ1n) is 7.45. The second-order valence-electron chi connectivity index (χ2n) is 5.23. The molecule has 1 atom stereocenters. The zero-order valence-electron chi connectivity index (χ0n) is 13.1. The van der Waals surface area contributed by atoms with E-state index in [0.29, 0.717) is 13.2 Å². The highest BCUT2D eigenvalue weighted by molar-refractivity contribution is 5.79. The molecule has 2 N–H and O–H groups in total. The maximum Gasteiger partial charge on any atom is 0.190 e. The van der Waals surface area contributed by atoms with Crippen LogP contribution in [-0.4, -0.2) is 39.4 Å². The Kier molecular flexibility index (Phi) is 5.87. The fraction of sp³-hybridized carbons (Fsp3) is 0.562. The van der Waals surface area contributed by atoms with Crippen molar-refractivity contribution in [3.05, 3.63) is 29.3 Å². The number of ether oxygens (including phenoxy) is 2. The molecule has 0 spiro atoms. The lowest BCUT2D eigenvalue weighted by atomic mass is 10.1. The number of aliphatic imine (C=N–C) groups is 1. The van der Waals surface area contributed by atoms with Crippen molar-refractivity contribution in [2.75, 3.05) is 27.3 Å². The molecule has 0 aromatic heterocycles. The minimum absolute atomic E-state index is 0.233. The molecule has 0 radical (unpaired) electrons. The molecule has 116 valence electrons. The second-order valence-corrected chi connectivity index (χ2v) is 5.23. The van der Waals surface area contributed by atoms with Crippen molar-refractivity contribution in [2.45, 2.75) is 32.4 Å². The van der Waals surface area contributed by atoms with Crippen LogP contribution in [0.15, 0.2) is 23.2 Å². The number of rotatable bonds is 5. The smallest absolute Gasteiger partial charge is 0.190 e. The van der Waals surface area contributed by atoms with Gasteiger partial charge in [-0.2, -0.15) is 0 Å². The van der Waals surface area contributed by atoms with Crippen LogP contribution in [0.1, 0.15) is 24.0 Å². The van der Waals surface area contributed by atoms with E-state index in [1.807, 2.05) is 7.05 Å². The molecule has 1 aliphatic rings. The van der Waals surface area contributed by atoms with E-state index in [2.05, 4.69) is 40.7 Å². The minimum Gasteiger partial charge on any atom is -0.491 e. The molecule has 0 bridgehead atoms.